The fraction of sp³-hybridized carbons (Fsp3) is 0.444. The minimum Gasteiger partial charge on any atom is -0.294 e. The highest BCUT2D eigenvalue weighted by molar-refractivity contribution is 5.98. The first-order chi connectivity index (χ1) is 22.7. The molecule has 0 bridgehead atoms. The molecule has 46 heavy (non-hydrogen) atoms. The number of carbonyl (C=O) groups is 1. The third kappa shape index (κ3) is 16.7. The normalized spacial score (nSPS) is 12.2. The van der Waals surface area contributed by atoms with Crippen molar-refractivity contribution in [3.05, 3.63) is 131 Å². The van der Waals surface area contributed by atoms with E-state index in [4.69, 9.17) is 0 Å². The van der Waals surface area contributed by atoms with Crippen LogP contribution in [-0.4, -0.2) is 5.78 Å². The first-order valence-corrected chi connectivity index (χ1v) is 18.4. The largest absolute Gasteiger partial charge is 0.294 e. The summed E-state index contributed by atoms with van der Waals surface area (Å²) >= 11 is 0. The zero-order chi connectivity index (χ0) is 35.8. The van der Waals surface area contributed by atoms with Crippen molar-refractivity contribution in [2.75, 3.05) is 0 Å². The summed E-state index contributed by atoms with van der Waals surface area (Å²) in [7, 11) is 0. The summed E-state index contributed by atoms with van der Waals surface area (Å²) in [5.41, 5.74) is 10.7. The Morgan fingerprint density at radius 1 is 0.500 bits per heavy atom. The van der Waals surface area contributed by atoms with Gasteiger partial charge in [-0.25, -0.2) is 0 Å². The minimum atomic E-state index is 0.312. The van der Waals surface area contributed by atoms with E-state index in [1.54, 1.807) is 0 Å². The fourth-order valence-corrected chi connectivity index (χ4v) is 4.97. The summed E-state index contributed by atoms with van der Waals surface area (Å²) in [5.74, 6) is 0.312. The van der Waals surface area contributed by atoms with Crippen LogP contribution < -0.4 is 0 Å². The average molecular weight is 627 g/mol. The summed E-state index contributed by atoms with van der Waals surface area (Å²) in [5, 5.41) is 0. The molecule has 1 nitrogen and oxygen atoms in total. The molecule has 0 unspecified atom stereocenters. The molecule has 0 aromatic heterocycles. The lowest BCUT2D eigenvalue weighted by Gasteiger charge is -2.14. The number of aryl methyl sites for hydroxylation is 3. The van der Waals surface area contributed by atoms with Gasteiger partial charge < -0.3 is 0 Å². The number of allylic oxidation sites excluding steroid dienone is 5. The van der Waals surface area contributed by atoms with E-state index in [9.17, 15) is 4.79 Å². The molecular weight excluding hydrogens is 556 g/mol. The Morgan fingerprint density at radius 2 is 0.891 bits per heavy atom. The van der Waals surface area contributed by atoms with Crippen molar-refractivity contribution in [3.63, 3.8) is 0 Å². The van der Waals surface area contributed by atoms with Gasteiger partial charge in [-0.2, -0.15) is 0 Å². The summed E-state index contributed by atoms with van der Waals surface area (Å²) in [6, 6.07) is 25.1. The second-order valence-corrected chi connectivity index (χ2v) is 9.08. The highest BCUT2D eigenvalue weighted by atomic mass is 16.1. The predicted octanol–water partition coefficient (Wildman–Crippen LogP) is 14.6. The van der Waals surface area contributed by atoms with Gasteiger partial charge >= 0.3 is 0 Å². The molecule has 3 aromatic rings. The number of ketones is 1. The highest BCUT2D eigenvalue weighted by Crippen LogP contribution is 2.27. The molecule has 0 fully saturated rings. The lowest BCUT2D eigenvalue weighted by molar-refractivity contribution is 0.0972. The Labute approximate surface area is 287 Å². The van der Waals surface area contributed by atoms with Gasteiger partial charge in [-0.05, 0) is 84.4 Å². The number of benzene rings is 3. The third-order valence-electron chi connectivity index (χ3n) is 6.80. The minimum absolute atomic E-state index is 0.312. The molecule has 0 radical (unpaired) electrons. The summed E-state index contributed by atoms with van der Waals surface area (Å²) in [6.07, 6.45) is 14.1. The maximum absolute atomic E-state index is 11.3. The van der Waals surface area contributed by atoms with E-state index in [0.717, 1.165) is 31.2 Å². The average Bonchev–Trinajstić information content (AvgIpc) is 3.17. The van der Waals surface area contributed by atoms with Gasteiger partial charge in [0.2, 0.25) is 0 Å². The highest BCUT2D eigenvalue weighted by Gasteiger charge is 2.15. The van der Waals surface area contributed by atoms with E-state index in [2.05, 4.69) is 74.2 Å². The molecule has 0 saturated carbocycles. The molecule has 0 atom stereocenters. The topological polar surface area (TPSA) is 17.1 Å². The van der Waals surface area contributed by atoms with Crippen LogP contribution in [-0.2, 0) is 19.3 Å². The van der Waals surface area contributed by atoms with E-state index < -0.39 is 0 Å². The van der Waals surface area contributed by atoms with E-state index >= 15 is 0 Å². The van der Waals surface area contributed by atoms with Crippen molar-refractivity contribution in [3.8, 4) is 0 Å². The fourth-order valence-electron chi connectivity index (χ4n) is 4.97. The molecule has 3 aromatic carbocycles. The van der Waals surface area contributed by atoms with E-state index in [1.165, 1.54) is 58.2 Å². The van der Waals surface area contributed by atoms with Gasteiger partial charge in [-0.15, -0.1) is 0 Å². The van der Waals surface area contributed by atoms with Crippen molar-refractivity contribution in [2.24, 2.45) is 0 Å². The summed E-state index contributed by atoms with van der Waals surface area (Å²) in [4.78, 5) is 11.3. The van der Waals surface area contributed by atoms with Crippen molar-refractivity contribution >= 4 is 16.9 Å². The van der Waals surface area contributed by atoms with Crippen LogP contribution in [0.2, 0.25) is 0 Å². The molecule has 3 aliphatic carbocycles. The molecule has 0 amide bonds. The molecule has 6 rings (SSSR count). The zero-order valence-electron chi connectivity index (χ0n) is 32.2. The van der Waals surface area contributed by atoms with Crippen molar-refractivity contribution in [2.45, 2.75) is 135 Å². The Balaban J connectivity index is -0.000000518. The number of carbonyl (C=O) groups excluding carboxylic acids is 1. The summed E-state index contributed by atoms with van der Waals surface area (Å²) in [6.45, 7) is 30.0. The van der Waals surface area contributed by atoms with Gasteiger partial charge in [0, 0.05) is 12.0 Å². The number of rotatable bonds is 1. The van der Waals surface area contributed by atoms with Crippen LogP contribution >= 0.6 is 0 Å². The Bertz CT molecular complexity index is 1220. The molecule has 1 heteroatoms. The van der Waals surface area contributed by atoms with E-state index in [0.29, 0.717) is 5.78 Å². The molecule has 0 spiro atoms. The van der Waals surface area contributed by atoms with Gasteiger partial charge in [0.05, 0.1) is 0 Å². The number of hydrogen-bond acceptors (Lipinski definition) is 1. The first kappa shape index (κ1) is 47.0. The third-order valence-corrected chi connectivity index (χ3v) is 6.80. The second kappa shape index (κ2) is 32.9. The summed E-state index contributed by atoms with van der Waals surface area (Å²) < 4.78 is 0. The predicted molar refractivity (Wildman–Crippen MR) is 213 cm³/mol. The number of fused-ring (bicyclic) bond motifs is 3. The molecular formula is C45H70O. The monoisotopic (exact) mass is 627 g/mol. The zero-order valence-corrected chi connectivity index (χ0v) is 32.2. The Hall–Kier alpha value is -3.45. The molecule has 0 heterocycles. The lowest BCUT2D eigenvalue weighted by Crippen LogP contribution is -2.09. The molecule has 3 aliphatic rings. The first-order valence-electron chi connectivity index (χ1n) is 18.4. The second-order valence-electron chi connectivity index (χ2n) is 9.08. The van der Waals surface area contributed by atoms with Crippen LogP contribution in [0.25, 0.3) is 11.1 Å². The Kier molecular flexibility index (Phi) is 33.6. The SMILES string of the molecule is C=CC1=CCCc2ccccc21.CC.CC.CC.CC.CC.CC.CC1=CCCc2ccccc21.O=C1CCCc2ccccc21. The van der Waals surface area contributed by atoms with Crippen LogP contribution in [0.5, 0.6) is 0 Å². The Morgan fingerprint density at radius 3 is 1.35 bits per heavy atom. The molecule has 0 saturated heterocycles. The van der Waals surface area contributed by atoms with Gasteiger partial charge in [0.15, 0.2) is 5.78 Å². The van der Waals surface area contributed by atoms with Gasteiger partial charge in [-0.3, -0.25) is 4.79 Å². The molecule has 0 N–H and O–H groups in total. The number of Topliss-reactive ketones (excluding diaryl/α,β-unsaturated/α-hetero) is 1. The van der Waals surface area contributed by atoms with Crippen LogP contribution in [0.15, 0.2) is 97.6 Å². The lowest BCUT2D eigenvalue weighted by atomic mass is 9.91. The van der Waals surface area contributed by atoms with Crippen molar-refractivity contribution in [1.82, 2.24) is 0 Å². The van der Waals surface area contributed by atoms with Gasteiger partial charge in [0.1, 0.15) is 0 Å². The van der Waals surface area contributed by atoms with Crippen LogP contribution in [0.3, 0.4) is 0 Å². The van der Waals surface area contributed by atoms with E-state index in [-0.39, 0.29) is 0 Å². The van der Waals surface area contributed by atoms with Crippen molar-refractivity contribution in [1.29, 1.82) is 0 Å². The number of hydrogen-bond donors (Lipinski definition) is 0. The van der Waals surface area contributed by atoms with Crippen LogP contribution in [0.4, 0.5) is 0 Å². The van der Waals surface area contributed by atoms with E-state index in [1.807, 2.05) is 113 Å². The smallest absolute Gasteiger partial charge is 0.163 e. The quantitative estimate of drug-likeness (QED) is 0.263. The van der Waals surface area contributed by atoms with Crippen LogP contribution in [0.1, 0.15) is 154 Å². The maximum atomic E-state index is 11.3. The van der Waals surface area contributed by atoms with Crippen LogP contribution in [0, 0.1) is 0 Å². The van der Waals surface area contributed by atoms with Gasteiger partial charge in [-0.1, -0.05) is 181 Å². The molecule has 0 aliphatic heterocycles. The molecule has 256 valence electrons. The van der Waals surface area contributed by atoms with Crippen molar-refractivity contribution < 1.29 is 4.79 Å². The maximum Gasteiger partial charge on any atom is 0.163 e. The standard InChI is InChI=1S/C12H12.C11H12.C10H10O.6C2H6/c1-2-10-7-5-8-11-6-3-4-9-12(10)11;1-9-5-4-7-10-6-2-3-8-11(9)10;11-10-7-3-5-8-4-1-2-6-9(8)10;6*1-2/h2-4,6-7,9H,1,5,8H2;2-3,5-6,8H,4,7H2,1H3;1-2,4,6H,3,5,7H2;6*1-2H3. The van der Waals surface area contributed by atoms with Gasteiger partial charge in [0.25, 0.3) is 0 Å².